The highest BCUT2D eigenvalue weighted by Crippen LogP contribution is 2.31. The standard InChI is InChI=1S/C14H21N3/c1-17(10-11-4-5-11)14-12(3-2-8-15-14)9-16-13-6-7-13/h2-3,8,11,13,16H,4-7,9-10H2,1H3. The lowest BCUT2D eigenvalue weighted by atomic mass is 10.2. The third-order valence-corrected chi connectivity index (χ3v) is 3.62. The van der Waals surface area contributed by atoms with Crippen LogP contribution in [0.5, 0.6) is 0 Å². The highest BCUT2D eigenvalue weighted by atomic mass is 15.2. The van der Waals surface area contributed by atoms with Crippen LogP contribution in [-0.4, -0.2) is 24.6 Å². The fourth-order valence-corrected chi connectivity index (χ4v) is 2.23. The second kappa shape index (κ2) is 4.65. The molecule has 0 radical (unpaired) electrons. The van der Waals surface area contributed by atoms with E-state index >= 15 is 0 Å². The van der Waals surface area contributed by atoms with Gasteiger partial charge in [-0.25, -0.2) is 4.98 Å². The van der Waals surface area contributed by atoms with Crippen LogP contribution in [0.1, 0.15) is 31.2 Å². The normalized spacial score (nSPS) is 19.4. The summed E-state index contributed by atoms with van der Waals surface area (Å²) in [5.41, 5.74) is 1.34. The van der Waals surface area contributed by atoms with E-state index < -0.39 is 0 Å². The maximum Gasteiger partial charge on any atom is 0.132 e. The van der Waals surface area contributed by atoms with Crippen molar-refractivity contribution in [3.63, 3.8) is 0 Å². The Morgan fingerprint density at radius 2 is 2.18 bits per heavy atom. The predicted octanol–water partition coefficient (Wildman–Crippen LogP) is 2.18. The average molecular weight is 231 g/mol. The van der Waals surface area contributed by atoms with Gasteiger partial charge < -0.3 is 10.2 Å². The Kier molecular flexibility index (Phi) is 3.02. The molecule has 3 nitrogen and oxygen atoms in total. The summed E-state index contributed by atoms with van der Waals surface area (Å²) in [6.07, 6.45) is 7.38. The second-order valence-electron chi connectivity index (χ2n) is 5.47. The predicted molar refractivity (Wildman–Crippen MR) is 70.1 cm³/mol. The van der Waals surface area contributed by atoms with Crippen molar-refractivity contribution in [2.45, 2.75) is 38.3 Å². The fourth-order valence-electron chi connectivity index (χ4n) is 2.23. The Labute approximate surface area is 103 Å². The Hall–Kier alpha value is -1.09. The summed E-state index contributed by atoms with van der Waals surface area (Å²) in [6, 6.07) is 5.00. The number of pyridine rings is 1. The Morgan fingerprint density at radius 3 is 2.88 bits per heavy atom. The van der Waals surface area contributed by atoms with Crippen molar-refractivity contribution in [1.29, 1.82) is 0 Å². The molecule has 2 fully saturated rings. The van der Waals surface area contributed by atoms with Crippen LogP contribution in [0.3, 0.4) is 0 Å². The minimum Gasteiger partial charge on any atom is -0.359 e. The van der Waals surface area contributed by atoms with Crippen molar-refractivity contribution < 1.29 is 0 Å². The molecule has 3 rings (SSSR count). The van der Waals surface area contributed by atoms with Gasteiger partial charge in [-0.1, -0.05) is 6.07 Å². The van der Waals surface area contributed by atoms with E-state index in [1.807, 2.05) is 12.3 Å². The molecule has 0 unspecified atom stereocenters. The lowest BCUT2D eigenvalue weighted by molar-refractivity contribution is 0.680. The number of aromatic nitrogens is 1. The first-order valence-corrected chi connectivity index (χ1v) is 6.71. The molecule has 0 aliphatic heterocycles. The lowest BCUT2D eigenvalue weighted by Gasteiger charge is -2.21. The van der Waals surface area contributed by atoms with Gasteiger partial charge in [0.05, 0.1) is 0 Å². The molecular formula is C14H21N3. The monoisotopic (exact) mass is 231 g/mol. The third-order valence-electron chi connectivity index (χ3n) is 3.62. The molecule has 0 saturated heterocycles. The van der Waals surface area contributed by atoms with Crippen molar-refractivity contribution in [2.75, 3.05) is 18.5 Å². The van der Waals surface area contributed by atoms with E-state index in [9.17, 15) is 0 Å². The van der Waals surface area contributed by atoms with Crippen LogP contribution in [0.15, 0.2) is 18.3 Å². The first-order chi connectivity index (χ1) is 8.33. The molecule has 17 heavy (non-hydrogen) atoms. The minimum absolute atomic E-state index is 0.761. The van der Waals surface area contributed by atoms with Crippen molar-refractivity contribution in [2.24, 2.45) is 5.92 Å². The molecule has 1 N–H and O–H groups in total. The number of hydrogen-bond donors (Lipinski definition) is 1. The molecule has 0 bridgehead atoms. The highest BCUT2D eigenvalue weighted by Gasteiger charge is 2.25. The zero-order valence-corrected chi connectivity index (χ0v) is 10.5. The van der Waals surface area contributed by atoms with Crippen molar-refractivity contribution >= 4 is 5.82 Å². The summed E-state index contributed by atoms with van der Waals surface area (Å²) in [7, 11) is 2.17. The average Bonchev–Trinajstić information content (AvgIpc) is 3.21. The van der Waals surface area contributed by atoms with Gasteiger partial charge in [0, 0.05) is 37.9 Å². The number of rotatable bonds is 6. The largest absolute Gasteiger partial charge is 0.359 e. The molecule has 3 heteroatoms. The van der Waals surface area contributed by atoms with E-state index in [0.29, 0.717) is 0 Å². The molecule has 0 spiro atoms. The molecule has 0 atom stereocenters. The molecule has 2 aliphatic rings. The molecule has 2 saturated carbocycles. The van der Waals surface area contributed by atoms with Gasteiger partial charge in [0.25, 0.3) is 0 Å². The van der Waals surface area contributed by atoms with Crippen LogP contribution in [-0.2, 0) is 6.54 Å². The molecule has 1 aromatic heterocycles. The Balaban J connectivity index is 1.66. The number of hydrogen-bond acceptors (Lipinski definition) is 3. The SMILES string of the molecule is CN(CC1CC1)c1ncccc1CNC1CC1. The number of nitrogens with one attached hydrogen (secondary N) is 1. The topological polar surface area (TPSA) is 28.2 Å². The molecule has 2 aliphatic carbocycles. The smallest absolute Gasteiger partial charge is 0.132 e. The van der Waals surface area contributed by atoms with E-state index in [4.69, 9.17) is 0 Å². The Bertz CT molecular complexity index is 383. The maximum absolute atomic E-state index is 4.54. The van der Waals surface area contributed by atoms with Gasteiger partial charge in [-0.05, 0) is 37.7 Å². The highest BCUT2D eigenvalue weighted by molar-refractivity contribution is 5.46. The van der Waals surface area contributed by atoms with Gasteiger partial charge >= 0.3 is 0 Å². The molecule has 1 aromatic rings. The molecule has 0 aromatic carbocycles. The molecule has 1 heterocycles. The van der Waals surface area contributed by atoms with E-state index in [0.717, 1.165) is 30.9 Å². The maximum atomic E-state index is 4.54. The van der Waals surface area contributed by atoms with Crippen LogP contribution in [0.2, 0.25) is 0 Å². The zero-order chi connectivity index (χ0) is 11.7. The summed E-state index contributed by atoms with van der Waals surface area (Å²) in [5, 5.41) is 3.57. The summed E-state index contributed by atoms with van der Waals surface area (Å²) in [5.74, 6) is 2.07. The Morgan fingerprint density at radius 1 is 1.35 bits per heavy atom. The van der Waals surface area contributed by atoms with Crippen LogP contribution in [0.25, 0.3) is 0 Å². The molecule has 0 amide bonds. The molecule has 92 valence electrons. The van der Waals surface area contributed by atoms with Gasteiger partial charge in [-0.15, -0.1) is 0 Å². The van der Waals surface area contributed by atoms with Crippen LogP contribution >= 0.6 is 0 Å². The van der Waals surface area contributed by atoms with Crippen LogP contribution in [0, 0.1) is 5.92 Å². The first-order valence-electron chi connectivity index (χ1n) is 6.71. The van der Waals surface area contributed by atoms with E-state index in [2.05, 4.69) is 28.3 Å². The van der Waals surface area contributed by atoms with Gasteiger partial charge in [0.15, 0.2) is 0 Å². The fraction of sp³-hybridized carbons (Fsp3) is 0.643. The summed E-state index contributed by atoms with van der Waals surface area (Å²) in [4.78, 5) is 6.86. The van der Waals surface area contributed by atoms with Crippen molar-refractivity contribution in [1.82, 2.24) is 10.3 Å². The summed E-state index contributed by atoms with van der Waals surface area (Å²) >= 11 is 0. The van der Waals surface area contributed by atoms with Gasteiger partial charge in [0.2, 0.25) is 0 Å². The van der Waals surface area contributed by atoms with E-state index in [1.54, 1.807) is 0 Å². The van der Waals surface area contributed by atoms with Crippen LogP contribution in [0.4, 0.5) is 5.82 Å². The van der Waals surface area contributed by atoms with Gasteiger partial charge in [-0.3, -0.25) is 0 Å². The minimum atomic E-state index is 0.761. The third kappa shape index (κ3) is 2.97. The zero-order valence-electron chi connectivity index (χ0n) is 10.5. The van der Waals surface area contributed by atoms with E-state index in [-0.39, 0.29) is 0 Å². The van der Waals surface area contributed by atoms with Crippen LogP contribution < -0.4 is 10.2 Å². The lowest BCUT2D eigenvalue weighted by Crippen LogP contribution is -2.24. The quantitative estimate of drug-likeness (QED) is 0.813. The van der Waals surface area contributed by atoms with Crippen molar-refractivity contribution in [3.8, 4) is 0 Å². The summed E-state index contributed by atoms with van der Waals surface area (Å²) in [6.45, 7) is 2.12. The number of anilines is 1. The van der Waals surface area contributed by atoms with Gasteiger partial charge in [-0.2, -0.15) is 0 Å². The second-order valence-corrected chi connectivity index (χ2v) is 5.47. The summed E-state index contributed by atoms with van der Waals surface area (Å²) < 4.78 is 0. The van der Waals surface area contributed by atoms with Gasteiger partial charge in [0.1, 0.15) is 5.82 Å². The number of nitrogens with zero attached hydrogens (tertiary/aromatic N) is 2. The molecular weight excluding hydrogens is 210 g/mol. The van der Waals surface area contributed by atoms with E-state index in [1.165, 1.54) is 31.2 Å². The first kappa shape index (κ1) is 11.0. The van der Waals surface area contributed by atoms with Crippen molar-refractivity contribution in [3.05, 3.63) is 23.9 Å².